The number of allylic oxidation sites excluding steroid dienone is 1. The van der Waals surface area contributed by atoms with Gasteiger partial charge in [0.1, 0.15) is 6.10 Å². The van der Waals surface area contributed by atoms with E-state index in [9.17, 15) is 24.3 Å². The van der Waals surface area contributed by atoms with E-state index in [1.54, 1.807) is 13.0 Å². The zero-order valence-electron chi connectivity index (χ0n) is 17.0. The maximum atomic E-state index is 12.7. The molecule has 1 saturated heterocycles. The molecule has 0 spiro atoms. The third-order valence-corrected chi connectivity index (χ3v) is 5.14. The molecular formula is C21H26O8. The summed E-state index contributed by atoms with van der Waals surface area (Å²) in [6, 6.07) is 0. The van der Waals surface area contributed by atoms with Crippen LogP contribution in [0.1, 0.15) is 40.5 Å². The number of Topliss-reactive ketones (excluding diaryl/α,β-unsaturated/α-hetero) is 1. The molecule has 0 aromatic heterocycles. The van der Waals surface area contributed by atoms with E-state index in [0.29, 0.717) is 0 Å². The summed E-state index contributed by atoms with van der Waals surface area (Å²) in [6.07, 6.45) is -1.99. The van der Waals surface area contributed by atoms with E-state index in [0.717, 1.165) is 12.5 Å². The molecule has 0 amide bonds. The number of hydrogen-bond donors (Lipinski definition) is 1. The third-order valence-electron chi connectivity index (χ3n) is 5.14. The highest BCUT2D eigenvalue weighted by atomic mass is 16.6. The van der Waals surface area contributed by atoms with E-state index in [-0.39, 0.29) is 24.0 Å². The minimum absolute atomic E-state index is 0.00305. The van der Waals surface area contributed by atoms with Gasteiger partial charge in [0.25, 0.3) is 0 Å². The molecule has 158 valence electrons. The van der Waals surface area contributed by atoms with Gasteiger partial charge in [-0.3, -0.25) is 9.59 Å². The number of fused-ring (bicyclic) bond motifs is 1. The Balaban J connectivity index is 2.67. The molecule has 0 bridgehead atoms. The number of hydrogen-bond acceptors (Lipinski definition) is 8. The van der Waals surface area contributed by atoms with E-state index in [2.05, 4.69) is 13.2 Å². The van der Waals surface area contributed by atoms with Gasteiger partial charge in [0.05, 0.1) is 5.92 Å². The number of carbonyl (C=O) groups is 4. The lowest BCUT2D eigenvalue weighted by Gasteiger charge is -2.39. The Hall–Kier alpha value is -2.74. The van der Waals surface area contributed by atoms with Gasteiger partial charge in [0.15, 0.2) is 23.6 Å². The van der Waals surface area contributed by atoms with Gasteiger partial charge in [-0.05, 0) is 20.8 Å². The van der Waals surface area contributed by atoms with E-state index < -0.39 is 53.5 Å². The molecule has 0 unspecified atom stereocenters. The second kappa shape index (κ2) is 8.32. The molecule has 1 aliphatic heterocycles. The molecule has 5 atom stereocenters. The molecule has 0 saturated carbocycles. The standard InChI is InChI=1S/C21H26O8/c1-10(2)19(24)29-17-16-12(4)20(25)28-14(16)9-11(3)7-8-15(23)21(6,26)18(17)27-13(5)22/h7,14,16-18,26H,1,4,8-9H2,2-3,5-6H3/b11-7-/t14-,16+,17+,18-,21-/m1/s1. The monoisotopic (exact) mass is 406 g/mol. The number of esters is 3. The van der Waals surface area contributed by atoms with Crippen molar-refractivity contribution >= 4 is 23.7 Å². The van der Waals surface area contributed by atoms with E-state index in [1.807, 2.05) is 0 Å². The number of rotatable bonds is 3. The van der Waals surface area contributed by atoms with Gasteiger partial charge in [0.2, 0.25) is 0 Å². The highest BCUT2D eigenvalue weighted by molar-refractivity contribution is 5.92. The van der Waals surface area contributed by atoms with Crippen LogP contribution in [0.25, 0.3) is 0 Å². The van der Waals surface area contributed by atoms with Gasteiger partial charge >= 0.3 is 17.9 Å². The van der Waals surface area contributed by atoms with E-state index in [1.165, 1.54) is 13.8 Å². The van der Waals surface area contributed by atoms with Crippen LogP contribution >= 0.6 is 0 Å². The minimum Gasteiger partial charge on any atom is -0.458 e. The van der Waals surface area contributed by atoms with Crippen molar-refractivity contribution in [2.45, 2.75) is 64.4 Å². The van der Waals surface area contributed by atoms with Crippen LogP contribution in [0.4, 0.5) is 0 Å². The van der Waals surface area contributed by atoms with Crippen LogP contribution in [0, 0.1) is 5.92 Å². The second-order valence-corrected chi connectivity index (χ2v) is 7.70. The van der Waals surface area contributed by atoms with Crippen LogP contribution in [0.15, 0.2) is 36.0 Å². The molecule has 2 rings (SSSR count). The number of ketones is 1. The second-order valence-electron chi connectivity index (χ2n) is 7.70. The van der Waals surface area contributed by atoms with Crippen molar-refractivity contribution in [3.05, 3.63) is 36.0 Å². The van der Waals surface area contributed by atoms with Crippen LogP contribution in [-0.4, -0.2) is 52.7 Å². The Morgan fingerprint density at radius 2 is 1.90 bits per heavy atom. The number of carbonyl (C=O) groups excluding carboxylic acids is 4. The van der Waals surface area contributed by atoms with Crippen molar-refractivity contribution in [3.8, 4) is 0 Å². The van der Waals surface area contributed by atoms with Gasteiger partial charge in [-0.25, -0.2) is 9.59 Å². The van der Waals surface area contributed by atoms with Crippen LogP contribution < -0.4 is 0 Å². The SMILES string of the molecule is C=C(C)C(=O)O[C@H]1[C@H]2C(=C)C(=O)O[C@@H]2C/C(C)=C\CC(=O)[C@@](C)(O)[C@@H]1OC(C)=O. The topological polar surface area (TPSA) is 116 Å². The summed E-state index contributed by atoms with van der Waals surface area (Å²) < 4.78 is 16.2. The first-order chi connectivity index (χ1) is 13.4. The van der Waals surface area contributed by atoms with E-state index >= 15 is 0 Å². The molecule has 1 fully saturated rings. The molecule has 0 radical (unpaired) electrons. The number of aliphatic hydroxyl groups is 1. The maximum Gasteiger partial charge on any atom is 0.334 e. The van der Waals surface area contributed by atoms with Gasteiger partial charge in [0, 0.05) is 30.9 Å². The molecular weight excluding hydrogens is 380 g/mol. The first kappa shape index (κ1) is 22.5. The normalized spacial score (nSPS) is 34.4. The van der Waals surface area contributed by atoms with Crippen molar-refractivity contribution in [1.82, 2.24) is 0 Å². The van der Waals surface area contributed by atoms with Gasteiger partial charge in [-0.2, -0.15) is 0 Å². The Bertz CT molecular complexity index is 803. The first-order valence-electron chi connectivity index (χ1n) is 9.21. The molecule has 8 nitrogen and oxygen atoms in total. The van der Waals surface area contributed by atoms with Crippen molar-refractivity contribution in [2.24, 2.45) is 5.92 Å². The van der Waals surface area contributed by atoms with Gasteiger partial charge < -0.3 is 19.3 Å². The zero-order chi connectivity index (χ0) is 22.1. The van der Waals surface area contributed by atoms with E-state index in [4.69, 9.17) is 14.2 Å². The summed E-state index contributed by atoms with van der Waals surface area (Å²) >= 11 is 0. The Morgan fingerprint density at radius 3 is 2.45 bits per heavy atom. The quantitative estimate of drug-likeness (QED) is 0.325. The Morgan fingerprint density at radius 1 is 1.28 bits per heavy atom. The predicted octanol–water partition coefficient (Wildman–Crippen LogP) is 1.56. The highest BCUT2D eigenvalue weighted by Gasteiger charge is 2.55. The molecule has 0 aromatic carbocycles. The van der Waals surface area contributed by atoms with Crippen LogP contribution in [0.3, 0.4) is 0 Å². The van der Waals surface area contributed by atoms with Crippen molar-refractivity contribution in [2.75, 3.05) is 0 Å². The fourth-order valence-electron chi connectivity index (χ4n) is 3.49. The Labute approximate surface area is 169 Å². The first-order valence-corrected chi connectivity index (χ1v) is 9.21. The lowest BCUT2D eigenvalue weighted by molar-refractivity contribution is -0.195. The number of ether oxygens (including phenoxy) is 3. The molecule has 0 aromatic rings. The van der Waals surface area contributed by atoms with Crippen molar-refractivity contribution in [1.29, 1.82) is 0 Å². The fourth-order valence-corrected chi connectivity index (χ4v) is 3.49. The fraction of sp³-hybridized carbons (Fsp3) is 0.524. The van der Waals surface area contributed by atoms with Crippen molar-refractivity contribution in [3.63, 3.8) is 0 Å². The summed E-state index contributed by atoms with van der Waals surface area (Å²) in [5, 5.41) is 11.0. The molecule has 29 heavy (non-hydrogen) atoms. The van der Waals surface area contributed by atoms with Crippen LogP contribution in [0.5, 0.6) is 0 Å². The van der Waals surface area contributed by atoms with Gasteiger partial charge in [-0.15, -0.1) is 0 Å². The molecule has 1 aliphatic carbocycles. The molecule has 2 aliphatic rings. The molecule has 1 heterocycles. The third kappa shape index (κ3) is 4.64. The highest BCUT2D eigenvalue weighted by Crippen LogP contribution is 2.40. The largest absolute Gasteiger partial charge is 0.458 e. The van der Waals surface area contributed by atoms with Crippen LogP contribution in [-0.2, 0) is 33.4 Å². The molecule has 1 N–H and O–H groups in total. The summed E-state index contributed by atoms with van der Waals surface area (Å²) in [5.74, 6) is -3.87. The predicted molar refractivity (Wildman–Crippen MR) is 101 cm³/mol. The smallest absolute Gasteiger partial charge is 0.334 e. The average molecular weight is 406 g/mol. The summed E-state index contributed by atoms with van der Waals surface area (Å²) in [6.45, 7) is 12.7. The summed E-state index contributed by atoms with van der Waals surface area (Å²) in [7, 11) is 0. The van der Waals surface area contributed by atoms with Gasteiger partial charge in [-0.1, -0.05) is 24.8 Å². The zero-order valence-corrected chi connectivity index (χ0v) is 17.0. The van der Waals surface area contributed by atoms with Crippen molar-refractivity contribution < 1.29 is 38.5 Å². The lowest BCUT2D eigenvalue weighted by atomic mass is 9.77. The van der Waals surface area contributed by atoms with Crippen LogP contribution in [0.2, 0.25) is 0 Å². The summed E-state index contributed by atoms with van der Waals surface area (Å²) in [5.41, 5.74) is -1.39. The Kier molecular flexibility index (Phi) is 6.47. The lowest BCUT2D eigenvalue weighted by Crippen LogP contribution is -2.58. The molecule has 8 heteroatoms. The average Bonchev–Trinajstić information content (AvgIpc) is 2.88. The minimum atomic E-state index is -2.20. The maximum absolute atomic E-state index is 12.7. The summed E-state index contributed by atoms with van der Waals surface area (Å²) in [4.78, 5) is 49.1.